The smallest absolute Gasteiger partial charge is 0.306 e. The zero-order chi connectivity index (χ0) is 16.9. The largest absolute Gasteiger partial charge is 0.496 e. The number of ether oxygens (including phenoxy) is 1. The van der Waals surface area contributed by atoms with Crippen molar-refractivity contribution in [3.63, 3.8) is 0 Å². The van der Waals surface area contributed by atoms with Crippen molar-refractivity contribution in [1.82, 2.24) is 9.88 Å². The first kappa shape index (κ1) is 16.5. The topological polar surface area (TPSA) is 62.7 Å². The number of carboxylic acids is 1. The summed E-state index contributed by atoms with van der Waals surface area (Å²) in [7, 11) is 1.67. The molecule has 1 fully saturated rings. The van der Waals surface area contributed by atoms with Crippen molar-refractivity contribution < 1.29 is 14.6 Å². The van der Waals surface area contributed by atoms with Gasteiger partial charge in [-0.05, 0) is 44.1 Å². The first-order chi connectivity index (χ1) is 11.7. The van der Waals surface area contributed by atoms with Crippen LogP contribution in [0.3, 0.4) is 0 Å². The third-order valence-electron chi connectivity index (χ3n) is 4.65. The highest BCUT2D eigenvalue weighted by atomic mass is 16.5. The van der Waals surface area contributed by atoms with Gasteiger partial charge in [-0.25, -0.2) is 0 Å². The number of rotatable bonds is 5. The fourth-order valence-corrected chi connectivity index (χ4v) is 3.38. The summed E-state index contributed by atoms with van der Waals surface area (Å²) in [6, 6.07) is 13.8. The molecule has 0 spiro atoms. The van der Waals surface area contributed by atoms with Crippen molar-refractivity contribution in [3.8, 4) is 5.75 Å². The van der Waals surface area contributed by atoms with Gasteiger partial charge < -0.3 is 9.84 Å². The summed E-state index contributed by atoms with van der Waals surface area (Å²) in [4.78, 5) is 18.1. The van der Waals surface area contributed by atoms with Crippen LogP contribution in [0.4, 0.5) is 0 Å². The molecule has 0 amide bonds. The van der Waals surface area contributed by atoms with Crippen LogP contribution in [0.15, 0.2) is 48.7 Å². The minimum Gasteiger partial charge on any atom is -0.496 e. The molecule has 24 heavy (non-hydrogen) atoms. The molecule has 1 atom stereocenters. The molecule has 0 bridgehead atoms. The van der Waals surface area contributed by atoms with Crippen LogP contribution in [-0.2, 0) is 4.79 Å². The van der Waals surface area contributed by atoms with Gasteiger partial charge in [-0.1, -0.05) is 24.3 Å². The Labute approximate surface area is 141 Å². The molecule has 0 radical (unpaired) electrons. The number of piperidine rings is 1. The molecular weight excluding hydrogens is 304 g/mol. The molecule has 3 rings (SSSR count). The number of benzene rings is 1. The van der Waals surface area contributed by atoms with E-state index in [1.165, 1.54) is 0 Å². The van der Waals surface area contributed by atoms with E-state index in [2.05, 4.69) is 16.0 Å². The van der Waals surface area contributed by atoms with Gasteiger partial charge in [0.1, 0.15) is 5.75 Å². The molecule has 1 aliphatic heterocycles. The van der Waals surface area contributed by atoms with E-state index >= 15 is 0 Å². The quantitative estimate of drug-likeness (QED) is 0.915. The highest BCUT2D eigenvalue weighted by Crippen LogP contribution is 2.36. The Hall–Kier alpha value is -2.40. The molecule has 1 aliphatic rings. The lowest BCUT2D eigenvalue weighted by Gasteiger charge is -2.36. The van der Waals surface area contributed by atoms with E-state index < -0.39 is 5.97 Å². The number of nitrogens with zero attached hydrogens (tertiary/aromatic N) is 2. The SMILES string of the molecule is COc1ccccc1C(c1ccccn1)N1CCC(C(=O)O)CC1. The Morgan fingerprint density at radius 2 is 1.92 bits per heavy atom. The van der Waals surface area contributed by atoms with Gasteiger partial charge in [-0.3, -0.25) is 14.7 Å². The number of hydrogen-bond donors (Lipinski definition) is 1. The second-order valence-corrected chi connectivity index (χ2v) is 6.05. The Morgan fingerprint density at radius 1 is 1.21 bits per heavy atom. The molecule has 0 aliphatic carbocycles. The first-order valence-corrected chi connectivity index (χ1v) is 8.21. The summed E-state index contributed by atoms with van der Waals surface area (Å²) >= 11 is 0. The van der Waals surface area contributed by atoms with Gasteiger partial charge in [-0.15, -0.1) is 0 Å². The van der Waals surface area contributed by atoms with Gasteiger partial charge in [0.05, 0.1) is 24.8 Å². The predicted octanol–water partition coefficient (Wildman–Crippen LogP) is 2.98. The number of hydrogen-bond acceptors (Lipinski definition) is 4. The van der Waals surface area contributed by atoms with E-state index in [9.17, 15) is 9.90 Å². The molecule has 1 unspecified atom stereocenters. The maximum absolute atomic E-state index is 11.2. The van der Waals surface area contributed by atoms with E-state index in [0.717, 1.165) is 30.1 Å². The predicted molar refractivity (Wildman–Crippen MR) is 91.0 cm³/mol. The summed E-state index contributed by atoms with van der Waals surface area (Å²) in [5.74, 6) is -0.113. The Balaban J connectivity index is 1.94. The van der Waals surface area contributed by atoms with E-state index in [1.54, 1.807) is 13.3 Å². The number of pyridine rings is 1. The zero-order valence-corrected chi connectivity index (χ0v) is 13.8. The third-order valence-corrected chi connectivity index (χ3v) is 4.65. The van der Waals surface area contributed by atoms with Crippen LogP contribution < -0.4 is 4.74 Å². The number of para-hydroxylation sites is 1. The summed E-state index contributed by atoms with van der Waals surface area (Å²) in [6.07, 6.45) is 3.11. The molecular formula is C19H22N2O3. The maximum atomic E-state index is 11.2. The number of aromatic nitrogens is 1. The van der Waals surface area contributed by atoms with Crippen LogP contribution in [0.25, 0.3) is 0 Å². The number of likely N-dealkylation sites (tertiary alicyclic amines) is 1. The van der Waals surface area contributed by atoms with E-state index in [4.69, 9.17) is 4.74 Å². The second kappa shape index (κ2) is 7.45. The maximum Gasteiger partial charge on any atom is 0.306 e. The molecule has 5 heteroatoms. The van der Waals surface area contributed by atoms with Crippen molar-refractivity contribution in [2.24, 2.45) is 5.92 Å². The Bertz CT molecular complexity index is 682. The second-order valence-electron chi connectivity index (χ2n) is 6.05. The molecule has 1 aromatic heterocycles. The van der Waals surface area contributed by atoms with Gasteiger partial charge >= 0.3 is 5.97 Å². The van der Waals surface area contributed by atoms with E-state index in [0.29, 0.717) is 12.8 Å². The van der Waals surface area contributed by atoms with Crippen LogP contribution in [0, 0.1) is 5.92 Å². The van der Waals surface area contributed by atoms with Gasteiger partial charge in [0, 0.05) is 11.8 Å². The van der Waals surface area contributed by atoms with Crippen molar-refractivity contribution >= 4 is 5.97 Å². The van der Waals surface area contributed by atoms with Crippen LogP contribution in [0.5, 0.6) is 5.75 Å². The van der Waals surface area contributed by atoms with Crippen LogP contribution >= 0.6 is 0 Å². The minimum absolute atomic E-state index is 0.0305. The van der Waals surface area contributed by atoms with Gasteiger partial charge in [0.25, 0.3) is 0 Å². The molecule has 1 aromatic carbocycles. The van der Waals surface area contributed by atoms with E-state index in [1.807, 2.05) is 36.4 Å². The number of carbonyl (C=O) groups is 1. The average Bonchev–Trinajstić information content (AvgIpc) is 2.64. The molecule has 2 heterocycles. The summed E-state index contributed by atoms with van der Waals surface area (Å²) in [6.45, 7) is 1.46. The number of methoxy groups -OCH3 is 1. The van der Waals surface area contributed by atoms with Crippen molar-refractivity contribution in [2.45, 2.75) is 18.9 Å². The number of aliphatic carboxylic acids is 1. The Morgan fingerprint density at radius 3 is 2.54 bits per heavy atom. The molecule has 0 saturated carbocycles. The minimum atomic E-state index is -0.693. The highest BCUT2D eigenvalue weighted by Gasteiger charge is 2.31. The normalized spacial score (nSPS) is 17.4. The summed E-state index contributed by atoms with van der Waals surface area (Å²) < 4.78 is 5.55. The third kappa shape index (κ3) is 3.41. The summed E-state index contributed by atoms with van der Waals surface area (Å²) in [5.41, 5.74) is 2.02. The number of carboxylic acid groups (broad SMARTS) is 1. The lowest BCUT2D eigenvalue weighted by molar-refractivity contribution is -0.143. The lowest BCUT2D eigenvalue weighted by atomic mass is 9.92. The van der Waals surface area contributed by atoms with Crippen molar-refractivity contribution in [2.75, 3.05) is 20.2 Å². The fraction of sp³-hybridized carbons (Fsp3) is 0.368. The molecule has 1 N–H and O–H groups in total. The van der Waals surface area contributed by atoms with Crippen LogP contribution in [-0.4, -0.2) is 41.2 Å². The molecule has 5 nitrogen and oxygen atoms in total. The van der Waals surface area contributed by atoms with Gasteiger partial charge in [-0.2, -0.15) is 0 Å². The fourth-order valence-electron chi connectivity index (χ4n) is 3.38. The van der Waals surface area contributed by atoms with Crippen molar-refractivity contribution in [3.05, 3.63) is 59.9 Å². The van der Waals surface area contributed by atoms with Crippen LogP contribution in [0.2, 0.25) is 0 Å². The monoisotopic (exact) mass is 326 g/mol. The average molecular weight is 326 g/mol. The summed E-state index contributed by atoms with van der Waals surface area (Å²) in [5, 5.41) is 9.23. The van der Waals surface area contributed by atoms with E-state index in [-0.39, 0.29) is 12.0 Å². The van der Waals surface area contributed by atoms with Crippen molar-refractivity contribution in [1.29, 1.82) is 0 Å². The Kier molecular flexibility index (Phi) is 5.11. The highest BCUT2D eigenvalue weighted by molar-refractivity contribution is 5.70. The van der Waals surface area contributed by atoms with Gasteiger partial charge in [0.2, 0.25) is 0 Å². The molecule has 2 aromatic rings. The lowest BCUT2D eigenvalue weighted by Crippen LogP contribution is -2.39. The van der Waals surface area contributed by atoms with Crippen LogP contribution in [0.1, 0.15) is 30.1 Å². The zero-order valence-electron chi connectivity index (χ0n) is 13.8. The molecule has 126 valence electrons. The standard InChI is InChI=1S/C19H22N2O3/c1-24-17-8-3-2-6-15(17)18(16-7-4-5-11-20-16)21-12-9-14(10-13-21)19(22)23/h2-8,11,14,18H,9-10,12-13H2,1H3,(H,22,23). The molecule has 1 saturated heterocycles. The van der Waals surface area contributed by atoms with Gasteiger partial charge in [0.15, 0.2) is 0 Å². The first-order valence-electron chi connectivity index (χ1n) is 8.21.